The van der Waals surface area contributed by atoms with E-state index >= 15 is 0 Å². The first-order chi connectivity index (χ1) is 18.9. The zero-order valence-corrected chi connectivity index (χ0v) is 22.6. The molecular weight excluding hydrogens is 492 g/mol. The lowest BCUT2D eigenvalue weighted by atomic mass is 10.0. The number of aryl methyl sites for hydroxylation is 2. The first-order valence-corrected chi connectivity index (χ1v) is 13.1. The zero-order valence-electron chi connectivity index (χ0n) is 22.6. The summed E-state index contributed by atoms with van der Waals surface area (Å²) >= 11 is 0. The van der Waals surface area contributed by atoms with Crippen LogP contribution in [-0.2, 0) is 29.0 Å². The minimum Gasteiger partial charge on any atom is -0.492 e. The standard InChI is InChI=1S/C31H34N4O4/c1-22(2)39-31(37)33-21-28-20-29(11-10-24(28)5-4-17-36)38-18-16-35-23(3)19-30(34-35)27-8-6-25(7-9-27)26-12-14-32-15-13-26/h6-15,17,19-20,22H,4-5,16,18,21H2,1-3H3,(H,33,37). The maximum Gasteiger partial charge on any atom is 0.407 e. The molecule has 0 aliphatic heterocycles. The van der Waals surface area contributed by atoms with Crippen molar-refractivity contribution < 1.29 is 19.1 Å². The molecule has 1 N–H and O–H groups in total. The second-order valence-electron chi connectivity index (χ2n) is 9.50. The van der Waals surface area contributed by atoms with Crippen LogP contribution in [-0.4, -0.2) is 39.9 Å². The highest BCUT2D eigenvalue weighted by molar-refractivity contribution is 5.69. The van der Waals surface area contributed by atoms with Crippen molar-refractivity contribution in [1.29, 1.82) is 0 Å². The largest absolute Gasteiger partial charge is 0.492 e. The van der Waals surface area contributed by atoms with Crippen molar-refractivity contribution in [2.24, 2.45) is 0 Å². The molecule has 0 spiro atoms. The summed E-state index contributed by atoms with van der Waals surface area (Å²) in [5.41, 5.74) is 7.15. The minimum atomic E-state index is -0.477. The second kappa shape index (κ2) is 13.4. The molecule has 1 amide bonds. The van der Waals surface area contributed by atoms with Crippen LogP contribution in [0.1, 0.15) is 37.1 Å². The van der Waals surface area contributed by atoms with Gasteiger partial charge in [-0.2, -0.15) is 5.10 Å². The topological polar surface area (TPSA) is 95.3 Å². The summed E-state index contributed by atoms with van der Waals surface area (Å²) in [4.78, 5) is 26.9. The van der Waals surface area contributed by atoms with Crippen molar-refractivity contribution in [2.45, 2.75) is 52.8 Å². The van der Waals surface area contributed by atoms with Gasteiger partial charge in [0, 0.05) is 36.6 Å². The van der Waals surface area contributed by atoms with E-state index in [4.69, 9.17) is 14.6 Å². The average Bonchev–Trinajstić information content (AvgIpc) is 3.31. The second-order valence-corrected chi connectivity index (χ2v) is 9.50. The fraction of sp³-hybridized carbons (Fsp3) is 0.290. The van der Waals surface area contributed by atoms with Gasteiger partial charge in [-0.15, -0.1) is 0 Å². The Bertz CT molecular complexity index is 1380. The maximum atomic E-state index is 12.0. The fourth-order valence-electron chi connectivity index (χ4n) is 4.24. The van der Waals surface area contributed by atoms with Gasteiger partial charge in [-0.3, -0.25) is 9.67 Å². The number of carbonyl (C=O) groups is 2. The van der Waals surface area contributed by atoms with Crippen LogP contribution in [0, 0.1) is 6.92 Å². The number of rotatable bonds is 12. The first kappa shape index (κ1) is 27.6. The number of aldehydes is 1. The van der Waals surface area contributed by atoms with Crippen LogP contribution in [0.25, 0.3) is 22.4 Å². The fourth-order valence-corrected chi connectivity index (χ4v) is 4.24. The molecule has 0 saturated carbocycles. The molecule has 8 heteroatoms. The predicted octanol–water partition coefficient (Wildman–Crippen LogP) is 5.77. The number of nitrogens with one attached hydrogen (secondary N) is 1. The molecular formula is C31H34N4O4. The SMILES string of the molecule is Cc1cc(-c2ccc(-c3ccncc3)cc2)nn1CCOc1ccc(CCC=O)c(CNC(=O)OC(C)C)c1. The Morgan fingerprint density at radius 1 is 0.974 bits per heavy atom. The lowest BCUT2D eigenvalue weighted by molar-refractivity contribution is -0.107. The number of alkyl carbamates (subject to hydrolysis) is 1. The number of ether oxygens (including phenoxy) is 2. The summed E-state index contributed by atoms with van der Waals surface area (Å²) in [6.45, 7) is 6.93. The van der Waals surface area contributed by atoms with E-state index in [0.29, 0.717) is 38.3 Å². The van der Waals surface area contributed by atoms with E-state index in [9.17, 15) is 9.59 Å². The Hall–Kier alpha value is -4.46. The summed E-state index contributed by atoms with van der Waals surface area (Å²) in [6, 6.07) is 20.1. The average molecular weight is 527 g/mol. The van der Waals surface area contributed by atoms with Crippen molar-refractivity contribution in [2.75, 3.05) is 6.61 Å². The van der Waals surface area contributed by atoms with E-state index < -0.39 is 6.09 Å². The molecule has 0 aliphatic carbocycles. The Kier molecular flexibility index (Phi) is 9.45. The molecule has 0 aliphatic rings. The number of benzene rings is 2. The lowest BCUT2D eigenvalue weighted by Crippen LogP contribution is -2.26. The Morgan fingerprint density at radius 3 is 2.41 bits per heavy atom. The third kappa shape index (κ3) is 7.77. The number of nitrogens with zero attached hydrogens (tertiary/aromatic N) is 3. The normalized spacial score (nSPS) is 10.9. The molecule has 0 atom stereocenters. The number of pyridine rings is 1. The maximum absolute atomic E-state index is 12.0. The third-order valence-electron chi connectivity index (χ3n) is 6.22. The van der Waals surface area contributed by atoms with Crippen molar-refractivity contribution in [1.82, 2.24) is 20.1 Å². The van der Waals surface area contributed by atoms with Gasteiger partial charge in [-0.05, 0) is 79.8 Å². The summed E-state index contributed by atoms with van der Waals surface area (Å²) in [6.07, 6.45) is 4.81. The van der Waals surface area contributed by atoms with Crippen LogP contribution in [0.15, 0.2) is 73.1 Å². The predicted molar refractivity (Wildman–Crippen MR) is 150 cm³/mol. The molecule has 4 rings (SSSR count). The van der Waals surface area contributed by atoms with E-state index in [0.717, 1.165) is 45.5 Å². The van der Waals surface area contributed by atoms with Crippen molar-refractivity contribution in [3.63, 3.8) is 0 Å². The van der Waals surface area contributed by atoms with E-state index in [1.807, 2.05) is 41.9 Å². The van der Waals surface area contributed by atoms with E-state index in [1.165, 1.54) is 0 Å². The van der Waals surface area contributed by atoms with Crippen LogP contribution in [0.4, 0.5) is 4.79 Å². The summed E-state index contributed by atoms with van der Waals surface area (Å²) in [5, 5.41) is 7.56. The van der Waals surface area contributed by atoms with Gasteiger partial charge in [0.15, 0.2) is 0 Å². The number of hydrogen-bond acceptors (Lipinski definition) is 6. The summed E-state index contributed by atoms with van der Waals surface area (Å²) in [5.74, 6) is 0.690. The Labute approximate surface area is 229 Å². The van der Waals surface area contributed by atoms with Crippen LogP contribution >= 0.6 is 0 Å². The van der Waals surface area contributed by atoms with Crippen molar-refractivity contribution in [3.8, 4) is 28.1 Å². The highest BCUT2D eigenvalue weighted by Gasteiger charge is 2.11. The smallest absolute Gasteiger partial charge is 0.407 e. The molecule has 8 nitrogen and oxygen atoms in total. The number of carbonyl (C=O) groups excluding carboxylic acids is 2. The van der Waals surface area contributed by atoms with E-state index in [1.54, 1.807) is 26.2 Å². The van der Waals surface area contributed by atoms with Crippen molar-refractivity contribution >= 4 is 12.4 Å². The molecule has 2 aromatic heterocycles. The van der Waals surface area contributed by atoms with Gasteiger partial charge in [-0.1, -0.05) is 30.3 Å². The molecule has 0 bridgehead atoms. The number of amides is 1. The van der Waals surface area contributed by atoms with Gasteiger partial charge in [0.2, 0.25) is 0 Å². The van der Waals surface area contributed by atoms with Crippen molar-refractivity contribution in [3.05, 3.63) is 89.9 Å². The molecule has 0 unspecified atom stereocenters. The first-order valence-electron chi connectivity index (χ1n) is 13.1. The minimum absolute atomic E-state index is 0.202. The van der Waals surface area contributed by atoms with Gasteiger partial charge < -0.3 is 19.6 Å². The van der Waals surface area contributed by atoms with Gasteiger partial charge in [0.05, 0.1) is 18.3 Å². The monoisotopic (exact) mass is 526 g/mol. The van der Waals surface area contributed by atoms with Crippen LogP contribution in [0.3, 0.4) is 0 Å². The quantitative estimate of drug-likeness (QED) is 0.236. The molecule has 0 saturated heterocycles. The molecule has 2 heterocycles. The van der Waals surface area contributed by atoms with E-state index in [-0.39, 0.29) is 6.10 Å². The van der Waals surface area contributed by atoms with Crippen LogP contribution in [0.5, 0.6) is 5.75 Å². The lowest BCUT2D eigenvalue weighted by Gasteiger charge is -2.14. The molecule has 202 valence electrons. The Morgan fingerprint density at radius 2 is 1.69 bits per heavy atom. The summed E-state index contributed by atoms with van der Waals surface area (Å²) in [7, 11) is 0. The number of aromatic nitrogens is 3. The van der Waals surface area contributed by atoms with Gasteiger partial charge in [-0.25, -0.2) is 4.79 Å². The highest BCUT2D eigenvalue weighted by Crippen LogP contribution is 2.25. The van der Waals surface area contributed by atoms with Gasteiger partial charge in [0.25, 0.3) is 0 Å². The molecule has 2 aromatic carbocycles. The summed E-state index contributed by atoms with van der Waals surface area (Å²) < 4.78 is 13.1. The van der Waals surface area contributed by atoms with Gasteiger partial charge in [0.1, 0.15) is 18.6 Å². The Balaban J connectivity index is 1.38. The molecule has 0 fully saturated rings. The zero-order chi connectivity index (χ0) is 27.6. The molecule has 0 radical (unpaired) electrons. The highest BCUT2D eigenvalue weighted by atomic mass is 16.6. The van der Waals surface area contributed by atoms with Crippen LogP contribution < -0.4 is 10.1 Å². The third-order valence-corrected chi connectivity index (χ3v) is 6.22. The van der Waals surface area contributed by atoms with Gasteiger partial charge >= 0.3 is 6.09 Å². The number of hydrogen-bond donors (Lipinski definition) is 1. The molecule has 39 heavy (non-hydrogen) atoms. The molecule has 4 aromatic rings. The van der Waals surface area contributed by atoms with E-state index in [2.05, 4.69) is 40.6 Å². The van der Waals surface area contributed by atoms with Crippen LogP contribution in [0.2, 0.25) is 0 Å².